The van der Waals surface area contributed by atoms with E-state index < -0.39 is 5.91 Å². The van der Waals surface area contributed by atoms with Crippen LogP contribution in [-0.4, -0.2) is 23.2 Å². The molecule has 1 fully saturated rings. The van der Waals surface area contributed by atoms with Gasteiger partial charge in [0.2, 0.25) is 0 Å². The summed E-state index contributed by atoms with van der Waals surface area (Å²) in [6.07, 6.45) is 3.91. The monoisotopic (exact) mass is 249 g/mol. The molecule has 6 N–H and O–H groups in total. The SMILES string of the molecule is NC(=O)c1ccc(N)cc1NC1(CO)CCCC1. The Morgan fingerprint density at radius 3 is 2.61 bits per heavy atom. The summed E-state index contributed by atoms with van der Waals surface area (Å²) in [5, 5.41) is 12.8. The van der Waals surface area contributed by atoms with E-state index in [2.05, 4.69) is 5.32 Å². The van der Waals surface area contributed by atoms with Gasteiger partial charge < -0.3 is 21.9 Å². The number of aliphatic hydroxyl groups excluding tert-OH is 1. The quantitative estimate of drug-likeness (QED) is 0.600. The van der Waals surface area contributed by atoms with Gasteiger partial charge in [0.05, 0.1) is 17.7 Å². The minimum Gasteiger partial charge on any atom is -0.399 e. The molecule has 1 aromatic carbocycles. The van der Waals surface area contributed by atoms with E-state index in [4.69, 9.17) is 11.5 Å². The molecule has 98 valence electrons. The van der Waals surface area contributed by atoms with Crippen molar-refractivity contribution in [2.24, 2.45) is 5.73 Å². The second-order valence-corrected chi connectivity index (χ2v) is 4.94. The van der Waals surface area contributed by atoms with Crippen molar-refractivity contribution >= 4 is 17.3 Å². The molecule has 1 aliphatic carbocycles. The van der Waals surface area contributed by atoms with Gasteiger partial charge in [-0.3, -0.25) is 4.79 Å². The van der Waals surface area contributed by atoms with Crippen LogP contribution in [0.1, 0.15) is 36.0 Å². The van der Waals surface area contributed by atoms with Crippen LogP contribution in [0.5, 0.6) is 0 Å². The lowest BCUT2D eigenvalue weighted by Gasteiger charge is -2.30. The van der Waals surface area contributed by atoms with E-state index in [0.29, 0.717) is 16.9 Å². The van der Waals surface area contributed by atoms with Crippen molar-refractivity contribution in [1.82, 2.24) is 0 Å². The Morgan fingerprint density at radius 2 is 2.06 bits per heavy atom. The Hall–Kier alpha value is -1.75. The molecule has 18 heavy (non-hydrogen) atoms. The minimum absolute atomic E-state index is 0.0417. The maximum absolute atomic E-state index is 11.4. The first-order valence-corrected chi connectivity index (χ1v) is 6.15. The molecule has 0 spiro atoms. The van der Waals surface area contributed by atoms with Crippen molar-refractivity contribution in [1.29, 1.82) is 0 Å². The third-order valence-corrected chi connectivity index (χ3v) is 3.57. The van der Waals surface area contributed by atoms with Gasteiger partial charge in [0.1, 0.15) is 0 Å². The van der Waals surface area contributed by atoms with Gasteiger partial charge in [0.25, 0.3) is 5.91 Å². The number of carbonyl (C=O) groups is 1. The van der Waals surface area contributed by atoms with Crippen LogP contribution in [0.25, 0.3) is 0 Å². The fraction of sp³-hybridized carbons (Fsp3) is 0.462. The minimum atomic E-state index is -0.497. The second kappa shape index (κ2) is 4.86. The largest absolute Gasteiger partial charge is 0.399 e. The number of amides is 1. The summed E-state index contributed by atoms with van der Waals surface area (Å²) in [6, 6.07) is 4.95. The maximum Gasteiger partial charge on any atom is 0.250 e. The number of carbonyl (C=O) groups excluding carboxylic acids is 1. The smallest absolute Gasteiger partial charge is 0.250 e. The Labute approximate surface area is 106 Å². The first kappa shape index (κ1) is 12.7. The highest BCUT2D eigenvalue weighted by atomic mass is 16.3. The molecular formula is C13H19N3O2. The molecule has 0 atom stereocenters. The molecule has 5 heteroatoms. The van der Waals surface area contributed by atoms with Gasteiger partial charge in [0, 0.05) is 11.4 Å². The normalized spacial score (nSPS) is 17.6. The molecule has 1 aromatic rings. The zero-order valence-corrected chi connectivity index (χ0v) is 10.3. The summed E-state index contributed by atoms with van der Waals surface area (Å²) in [4.78, 5) is 11.4. The number of anilines is 2. The fourth-order valence-corrected chi connectivity index (χ4v) is 2.54. The number of benzene rings is 1. The van der Waals surface area contributed by atoms with E-state index in [9.17, 15) is 9.90 Å². The number of nitrogens with one attached hydrogen (secondary N) is 1. The average molecular weight is 249 g/mol. The third-order valence-electron chi connectivity index (χ3n) is 3.57. The number of nitrogens with two attached hydrogens (primary N) is 2. The van der Waals surface area contributed by atoms with E-state index in [-0.39, 0.29) is 12.1 Å². The molecule has 2 rings (SSSR count). The summed E-state index contributed by atoms with van der Waals surface area (Å²) >= 11 is 0. The van der Waals surface area contributed by atoms with E-state index in [1.807, 2.05) is 0 Å². The number of nitrogen functional groups attached to an aromatic ring is 1. The second-order valence-electron chi connectivity index (χ2n) is 4.94. The molecule has 0 radical (unpaired) electrons. The van der Waals surface area contributed by atoms with E-state index >= 15 is 0 Å². The third kappa shape index (κ3) is 2.41. The van der Waals surface area contributed by atoms with Crippen molar-refractivity contribution < 1.29 is 9.90 Å². The number of hydrogen-bond donors (Lipinski definition) is 4. The van der Waals surface area contributed by atoms with E-state index in [1.165, 1.54) is 0 Å². The Balaban J connectivity index is 2.32. The van der Waals surface area contributed by atoms with Crippen molar-refractivity contribution in [3.63, 3.8) is 0 Å². The number of primary amides is 1. The van der Waals surface area contributed by atoms with E-state index in [1.54, 1.807) is 18.2 Å². The highest BCUT2D eigenvalue weighted by molar-refractivity contribution is 5.99. The first-order valence-electron chi connectivity index (χ1n) is 6.15. The molecule has 5 nitrogen and oxygen atoms in total. The Bertz CT molecular complexity index is 454. The predicted molar refractivity (Wildman–Crippen MR) is 71.3 cm³/mol. The molecule has 0 bridgehead atoms. The number of rotatable bonds is 4. The van der Waals surface area contributed by atoms with Gasteiger partial charge in [-0.1, -0.05) is 12.8 Å². The molecule has 0 unspecified atom stereocenters. The molecule has 1 aliphatic rings. The maximum atomic E-state index is 11.4. The first-order chi connectivity index (χ1) is 8.56. The van der Waals surface area contributed by atoms with Crippen LogP contribution < -0.4 is 16.8 Å². The molecule has 0 aromatic heterocycles. The van der Waals surface area contributed by atoms with Gasteiger partial charge in [-0.15, -0.1) is 0 Å². The zero-order chi connectivity index (χ0) is 13.2. The Morgan fingerprint density at radius 1 is 1.39 bits per heavy atom. The van der Waals surface area contributed by atoms with Crippen LogP contribution >= 0.6 is 0 Å². The summed E-state index contributed by atoms with van der Waals surface area (Å²) < 4.78 is 0. The highest BCUT2D eigenvalue weighted by Gasteiger charge is 2.33. The van der Waals surface area contributed by atoms with E-state index in [0.717, 1.165) is 25.7 Å². The van der Waals surface area contributed by atoms with Gasteiger partial charge in [-0.05, 0) is 31.0 Å². The molecule has 1 saturated carbocycles. The fourth-order valence-electron chi connectivity index (χ4n) is 2.54. The van der Waals surface area contributed by atoms with Crippen LogP contribution in [0.4, 0.5) is 11.4 Å². The van der Waals surface area contributed by atoms with Gasteiger partial charge >= 0.3 is 0 Å². The van der Waals surface area contributed by atoms with Crippen LogP contribution in [0.2, 0.25) is 0 Å². The lowest BCUT2D eigenvalue weighted by Crippen LogP contribution is -2.39. The van der Waals surface area contributed by atoms with Crippen molar-refractivity contribution in [3.8, 4) is 0 Å². The van der Waals surface area contributed by atoms with Crippen LogP contribution in [0.3, 0.4) is 0 Å². The number of aliphatic hydroxyl groups is 1. The van der Waals surface area contributed by atoms with Crippen molar-refractivity contribution in [2.45, 2.75) is 31.2 Å². The average Bonchev–Trinajstić information content (AvgIpc) is 2.78. The van der Waals surface area contributed by atoms with Crippen LogP contribution in [0.15, 0.2) is 18.2 Å². The van der Waals surface area contributed by atoms with Crippen molar-refractivity contribution in [3.05, 3.63) is 23.8 Å². The standard InChI is InChI=1S/C13H19N3O2/c14-9-3-4-10(12(15)18)11(7-9)16-13(8-17)5-1-2-6-13/h3-4,7,16-17H,1-2,5-6,8,14H2,(H2,15,18). The van der Waals surface area contributed by atoms with Crippen LogP contribution in [-0.2, 0) is 0 Å². The highest BCUT2D eigenvalue weighted by Crippen LogP contribution is 2.34. The van der Waals surface area contributed by atoms with Gasteiger partial charge in [0.15, 0.2) is 0 Å². The van der Waals surface area contributed by atoms with Crippen LogP contribution in [0, 0.1) is 0 Å². The molecule has 1 amide bonds. The molecular weight excluding hydrogens is 230 g/mol. The lowest BCUT2D eigenvalue weighted by molar-refractivity contribution is 0.100. The topological polar surface area (TPSA) is 101 Å². The lowest BCUT2D eigenvalue weighted by atomic mass is 9.97. The molecule has 0 aliphatic heterocycles. The summed E-state index contributed by atoms with van der Waals surface area (Å²) in [7, 11) is 0. The summed E-state index contributed by atoms with van der Waals surface area (Å²) in [5.41, 5.74) is 12.3. The Kier molecular flexibility index (Phi) is 3.43. The predicted octanol–water partition coefficient (Wildman–Crippen LogP) is 1.08. The summed E-state index contributed by atoms with van der Waals surface area (Å²) in [6.45, 7) is 0.0417. The number of hydrogen-bond acceptors (Lipinski definition) is 4. The molecule has 0 heterocycles. The summed E-state index contributed by atoms with van der Waals surface area (Å²) in [5.74, 6) is -0.497. The molecule has 0 saturated heterocycles. The zero-order valence-electron chi connectivity index (χ0n) is 10.3. The van der Waals surface area contributed by atoms with Crippen molar-refractivity contribution in [2.75, 3.05) is 17.7 Å². The van der Waals surface area contributed by atoms with Gasteiger partial charge in [-0.25, -0.2) is 0 Å². The van der Waals surface area contributed by atoms with Gasteiger partial charge in [-0.2, -0.15) is 0 Å².